The van der Waals surface area contributed by atoms with Crippen molar-refractivity contribution in [2.75, 3.05) is 7.05 Å². The van der Waals surface area contributed by atoms with Crippen molar-refractivity contribution < 1.29 is 5.11 Å². The van der Waals surface area contributed by atoms with Gasteiger partial charge in [0, 0.05) is 6.04 Å². The molecule has 0 aromatic heterocycles. The summed E-state index contributed by atoms with van der Waals surface area (Å²) in [4.78, 5) is 0. The molecule has 60 valence electrons. The first-order valence-corrected chi connectivity index (χ1v) is 4.11. The minimum Gasteiger partial charge on any atom is -0.392 e. The van der Waals surface area contributed by atoms with Crippen molar-refractivity contribution >= 4 is 0 Å². The van der Waals surface area contributed by atoms with E-state index in [9.17, 15) is 5.11 Å². The van der Waals surface area contributed by atoms with Crippen LogP contribution in [0.5, 0.6) is 0 Å². The van der Waals surface area contributed by atoms with Gasteiger partial charge in [0.25, 0.3) is 0 Å². The van der Waals surface area contributed by atoms with Gasteiger partial charge in [-0.25, -0.2) is 0 Å². The Bertz CT molecular complexity index is 99.4. The summed E-state index contributed by atoms with van der Waals surface area (Å²) in [7, 11) is 1.93. The number of likely N-dealkylation sites (N-methyl/N-ethyl adjacent to an activating group) is 1. The molecule has 1 aliphatic rings. The molecule has 0 saturated heterocycles. The SMILES string of the molecule is CNC(C(C)O)C1CCC1. The van der Waals surface area contributed by atoms with Crippen LogP contribution in [0.15, 0.2) is 0 Å². The van der Waals surface area contributed by atoms with Crippen LogP contribution in [0.3, 0.4) is 0 Å². The lowest BCUT2D eigenvalue weighted by atomic mass is 9.78. The molecule has 2 N–H and O–H groups in total. The number of aliphatic hydroxyl groups is 1. The zero-order valence-corrected chi connectivity index (χ0v) is 6.80. The van der Waals surface area contributed by atoms with E-state index in [0.717, 1.165) is 5.92 Å². The van der Waals surface area contributed by atoms with Crippen LogP contribution < -0.4 is 5.32 Å². The van der Waals surface area contributed by atoms with Crippen molar-refractivity contribution in [2.45, 2.75) is 38.3 Å². The van der Waals surface area contributed by atoms with Crippen LogP contribution in [0.25, 0.3) is 0 Å². The van der Waals surface area contributed by atoms with Crippen LogP contribution in [0.4, 0.5) is 0 Å². The largest absolute Gasteiger partial charge is 0.392 e. The zero-order valence-electron chi connectivity index (χ0n) is 6.80. The summed E-state index contributed by atoms with van der Waals surface area (Å²) >= 11 is 0. The molecule has 0 heterocycles. The standard InChI is InChI=1S/C8H17NO/c1-6(10)8(9-2)7-4-3-5-7/h6-10H,3-5H2,1-2H3. The van der Waals surface area contributed by atoms with Crippen LogP contribution in [-0.2, 0) is 0 Å². The van der Waals surface area contributed by atoms with Gasteiger partial charge in [0.2, 0.25) is 0 Å². The van der Waals surface area contributed by atoms with Crippen molar-refractivity contribution in [3.05, 3.63) is 0 Å². The van der Waals surface area contributed by atoms with Crippen molar-refractivity contribution in [1.82, 2.24) is 5.32 Å². The van der Waals surface area contributed by atoms with Gasteiger partial charge in [-0.3, -0.25) is 0 Å². The third kappa shape index (κ3) is 1.50. The summed E-state index contributed by atoms with van der Waals surface area (Å²) in [5.41, 5.74) is 0. The second-order valence-electron chi connectivity index (χ2n) is 3.25. The Morgan fingerprint density at radius 1 is 1.50 bits per heavy atom. The van der Waals surface area contributed by atoms with Gasteiger partial charge in [0.1, 0.15) is 0 Å². The molecule has 0 spiro atoms. The molecule has 1 aliphatic carbocycles. The van der Waals surface area contributed by atoms with Crippen LogP contribution in [-0.4, -0.2) is 24.3 Å². The third-order valence-electron chi connectivity index (χ3n) is 2.51. The maximum Gasteiger partial charge on any atom is 0.0667 e. The van der Waals surface area contributed by atoms with E-state index in [0.29, 0.717) is 6.04 Å². The summed E-state index contributed by atoms with van der Waals surface area (Å²) < 4.78 is 0. The molecule has 0 aliphatic heterocycles. The van der Waals surface area contributed by atoms with E-state index in [2.05, 4.69) is 5.32 Å². The van der Waals surface area contributed by atoms with Gasteiger partial charge in [-0.1, -0.05) is 6.42 Å². The first-order chi connectivity index (χ1) is 4.75. The van der Waals surface area contributed by atoms with E-state index < -0.39 is 0 Å². The summed E-state index contributed by atoms with van der Waals surface area (Å²) in [6.45, 7) is 1.86. The Balaban J connectivity index is 2.31. The molecule has 0 radical (unpaired) electrons. The molecule has 2 unspecified atom stereocenters. The molecule has 2 nitrogen and oxygen atoms in total. The number of rotatable bonds is 3. The highest BCUT2D eigenvalue weighted by molar-refractivity contribution is 4.84. The first kappa shape index (κ1) is 8.02. The summed E-state index contributed by atoms with van der Waals surface area (Å²) in [6, 6.07) is 0.328. The van der Waals surface area contributed by atoms with E-state index in [1.165, 1.54) is 19.3 Å². The molecule has 1 saturated carbocycles. The minimum absolute atomic E-state index is 0.199. The van der Waals surface area contributed by atoms with Crippen LogP contribution in [0.1, 0.15) is 26.2 Å². The van der Waals surface area contributed by atoms with E-state index in [-0.39, 0.29) is 6.10 Å². The maximum absolute atomic E-state index is 9.29. The van der Waals surface area contributed by atoms with Gasteiger partial charge in [-0.2, -0.15) is 0 Å². The molecule has 0 aromatic carbocycles. The Labute approximate surface area is 62.6 Å². The van der Waals surface area contributed by atoms with E-state index in [1.54, 1.807) is 0 Å². The van der Waals surface area contributed by atoms with Gasteiger partial charge in [-0.15, -0.1) is 0 Å². The first-order valence-electron chi connectivity index (χ1n) is 4.11. The van der Waals surface area contributed by atoms with Crippen LogP contribution >= 0.6 is 0 Å². The minimum atomic E-state index is -0.199. The lowest BCUT2D eigenvalue weighted by Crippen LogP contribution is -2.44. The monoisotopic (exact) mass is 143 g/mol. The molecule has 0 aromatic rings. The normalized spacial score (nSPS) is 25.5. The average molecular weight is 143 g/mol. The van der Waals surface area contributed by atoms with E-state index in [1.807, 2.05) is 14.0 Å². The molecule has 10 heavy (non-hydrogen) atoms. The number of hydrogen-bond donors (Lipinski definition) is 2. The second-order valence-corrected chi connectivity index (χ2v) is 3.25. The predicted molar refractivity (Wildman–Crippen MR) is 41.9 cm³/mol. The van der Waals surface area contributed by atoms with Crippen molar-refractivity contribution in [3.8, 4) is 0 Å². The fourth-order valence-corrected chi connectivity index (χ4v) is 1.67. The number of nitrogens with one attached hydrogen (secondary N) is 1. The average Bonchev–Trinajstić information content (AvgIpc) is 1.76. The third-order valence-corrected chi connectivity index (χ3v) is 2.51. The summed E-state index contributed by atoms with van der Waals surface area (Å²) in [5.74, 6) is 0.727. The van der Waals surface area contributed by atoms with Crippen LogP contribution in [0.2, 0.25) is 0 Å². The van der Waals surface area contributed by atoms with E-state index >= 15 is 0 Å². The Kier molecular flexibility index (Phi) is 2.69. The lowest BCUT2D eigenvalue weighted by Gasteiger charge is -2.35. The summed E-state index contributed by atoms with van der Waals surface area (Å²) in [6.07, 6.45) is 3.72. The highest BCUT2D eigenvalue weighted by Gasteiger charge is 2.28. The highest BCUT2D eigenvalue weighted by atomic mass is 16.3. The molecule has 2 atom stereocenters. The predicted octanol–water partition coefficient (Wildman–Crippen LogP) is 0.755. The Hall–Kier alpha value is -0.0800. The number of hydrogen-bond acceptors (Lipinski definition) is 2. The number of aliphatic hydroxyl groups excluding tert-OH is 1. The van der Waals surface area contributed by atoms with Gasteiger partial charge >= 0.3 is 0 Å². The molecule has 1 rings (SSSR count). The van der Waals surface area contributed by atoms with E-state index in [4.69, 9.17) is 0 Å². The van der Waals surface area contributed by atoms with Crippen molar-refractivity contribution in [1.29, 1.82) is 0 Å². The maximum atomic E-state index is 9.29. The quantitative estimate of drug-likeness (QED) is 0.611. The van der Waals surface area contributed by atoms with Gasteiger partial charge < -0.3 is 10.4 Å². The Morgan fingerprint density at radius 3 is 2.20 bits per heavy atom. The van der Waals surface area contributed by atoms with Crippen molar-refractivity contribution in [2.24, 2.45) is 5.92 Å². The molecule has 0 amide bonds. The smallest absolute Gasteiger partial charge is 0.0667 e. The lowest BCUT2D eigenvalue weighted by molar-refractivity contribution is 0.0872. The molecule has 0 bridgehead atoms. The summed E-state index contributed by atoms with van der Waals surface area (Å²) in [5, 5.41) is 12.4. The topological polar surface area (TPSA) is 32.3 Å². The molecular weight excluding hydrogens is 126 g/mol. The van der Waals surface area contributed by atoms with Gasteiger partial charge in [0.15, 0.2) is 0 Å². The molecular formula is C8H17NO. The fourth-order valence-electron chi connectivity index (χ4n) is 1.67. The zero-order chi connectivity index (χ0) is 7.56. The second kappa shape index (κ2) is 3.35. The van der Waals surface area contributed by atoms with Gasteiger partial charge in [0.05, 0.1) is 6.10 Å². The molecule has 1 fully saturated rings. The highest BCUT2D eigenvalue weighted by Crippen LogP contribution is 2.30. The molecule has 2 heteroatoms. The van der Waals surface area contributed by atoms with Gasteiger partial charge in [-0.05, 0) is 32.7 Å². The van der Waals surface area contributed by atoms with Crippen molar-refractivity contribution in [3.63, 3.8) is 0 Å². The fraction of sp³-hybridized carbons (Fsp3) is 1.00. The van der Waals surface area contributed by atoms with Crippen LogP contribution in [0, 0.1) is 5.92 Å². The Morgan fingerprint density at radius 2 is 2.10 bits per heavy atom.